The molecule has 2 rings (SSSR count). The van der Waals surface area contributed by atoms with Crippen LogP contribution >= 0.6 is 15.9 Å². The molecular weight excluding hydrogens is 285 g/mol. The zero-order chi connectivity index (χ0) is 12.4. The molecule has 1 heterocycles. The number of hydrogen-bond acceptors (Lipinski definition) is 2. The van der Waals surface area contributed by atoms with Crippen LogP contribution in [0.1, 0.15) is 24.2 Å². The first-order chi connectivity index (χ1) is 8.11. The van der Waals surface area contributed by atoms with E-state index in [9.17, 15) is 4.39 Å². The fourth-order valence-electron chi connectivity index (χ4n) is 1.62. The topological polar surface area (TPSA) is 43.8 Å². The molecule has 0 saturated carbocycles. The van der Waals surface area contributed by atoms with Crippen LogP contribution < -0.4 is 5.73 Å². The van der Waals surface area contributed by atoms with Crippen molar-refractivity contribution in [3.05, 3.63) is 52.3 Å². The lowest BCUT2D eigenvalue weighted by molar-refractivity contribution is 0.596. The molecule has 0 spiro atoms. The standard InChI is InChI=1S/C12H13BrFN3/c1-2-17-6-11(16-7-17)12(15)9-4-3-8(13)5-10(9)14/h3-7,12H,2,15H2,1H3. The molecule has 2 aromatic rings. The second-order valence-electron chi connectivity index (χ2n) is 3.77. The van der Waals surface area contributed by atoms with Crippen LogP contribution in [0.5, 0.6) is 0 Å². The SMILES string of the molecule is CCn1cnc(C(N)c2ccc(Br)cc2F)c1. The molecule has 0 saturated heterocycles. The van der Waals surface area contributed by atoms with Gasteiger partial charge < -0.3 is 10.3 Å². The Kier molecular flexibility index (Phi) is 3.59. The molecule has 3 nitrogen and oxygen atoms in total. The van der Waals surface area contributed by atoms with Gasteiger partial charge >= 0.3 is 0 Å². The summed E-state index contributed by atoms with van der Waals surface area (Å²) in [6.07, 6.45) is 3.54. The highest BCUT2D eigenvalue weighted by Crippen LogP contribution is 2.23. The van der Waals surface area contributed by atoms with E-state index in [4.69, 9.17) is 5.73 Å². The van der Waals surface area contributed by atoms with Gasteiger partial charge in [-0.3, -0.25) is 0 Å². The molecular formula is C12H13BrFN3. The van der Waals surface area contributed by atoms with Gasteiger partial charge in [0.2, 0.25) is 0 Å². The quantitative estimate of drug-likeness (QED) is 0.947. The molecule has 0 aliphatic rings. The fourth-order valence-corrected chi connectivity index (χ4v) is 1.96. The normalized spacial score (nSPS) is 12.7. The molecule has 17 heavy (non-hydrogen) atoms. The van der Waals surface area contributed by atoms with Crippen molar-refractivity contribution in [3.8, 4) is 0 Å². The van der Waals surface area contributed by atoms with E-state index in [0.29, 0.717) is 15.7 Å². The van der Waals surface area contributed by atoms with Gasteiger partial charge in [0.15, 0.2) is 0 Å². The van der Waals surface area contributed by atoms with E-state index in [1.807, 2.05) is 17.7 Å². The number of benzene rings is 1. The summed E-state index contributed by atoms with van der Waals surface area (Å²) in [7, 11) is 0. The Morgan fingerprint density at radius 3 is 2.88 bits per heavy atom. The van der Waals surface area contributed by atoms with Gasteiger partial charge in [-0.2, -0.15) is 0 Å². The average molecular weight is 298 g/mol. The smallest absolute Gasteiger partial charge is 0.129 e. The molecule has 5 heteroatoms. The number of rotatable bonds is 3. The molecule has 1 aromatic carbocycles. The van der Waals surface area contributed by atoms with E-state index < -0.39 is 6.04 Å². The molecule has 1 unspecified atom stereocenters. The minimum Gasteiger partial charge on any atom is -0.337 e. The zero-order valence-electron chi connectivity index (χ0n) is 9.40. The molecule has 0 aliphatic carbocycles. The van der Waals surface area contributed by atoms with Gasteiger partial charge in [0, 0.05) is 22.8 Å². The van der Waals surface area contributed by atoms with Crippen molar-refractivity contribution in [2.45, 2.75) is 19.5 Å². The first kappa shape index (κ1) is 12.3. The molecule has 2 N–H and O–H groups in total. The van der Waals surface area contributed by atoms with Crippen LogP contribution in [0.25, 0.3) is 0 Å². The maximum Gasteiger partial charge on any atom is 0.129 e. The number of aryl methyl sites for hydroxylation is 1. The van der Waals surface area contributed by atoms with Crippen molar-refractivity contribution < 1.29 is 4.39 Å². The van der Waals surface area contributed by atoms with Crippen molar-refractivity contribution in [3.63, 3.8) is 0 Å². The maximum absolute atomic E-state index is 13.7. The minimum absolute atomic E-state index is 0.321. The predicted molar refractivity (Wildman–Crippen MR) is 68.0 cm³/mol. The monoisotopic (exact) mass is 297 g/mol. The lowest BCUT2D eigenvalue weighted by Crippen LogP contribution is -2.14. The highest BCUT2D eigenvalue weighted by Gasteiger charge is 2.15. The molecule has 0 fully saturated rings. The summed E-state index contributed by atoms with van der Waals surface area (Å²) >= 11 is 3.22. The summed E-state index contributed by atoms with van der Waals surface area (Å²) < 4.78 is 16.3. The molecule has 90 valence electrons. The highest BCUT2D eigenvalue weighted by molar-refractivity contribution is 9.10. The van der Waals surface area contributed by atoms with Gasteiger partial charge in [-0.1, -0.05) is 22.0 Å². The summed E-state index contributed by atoms with van der Waals surface area (Å²) in [4.78, 5) is 4.19. The Morgan fingerprint density at radius 1 is 1.53 bits per heavy atom. The maximum atomic E-state index is 13.7. The van der Waals surface area contributed by atoms with E-state index in [1.54, 1.807) is 18.5 Å². The summed E-state index contributed by atoms with van der Waals surface area (Å²) in [5.74, 6) is -0.321. The number of halogens is 2. The second kappa shape index (κ2) is 4.98. The summed E-state index contributed by atoms with van der Waals surface area (Å²) in [6.45, 7) is 2.83. The Hall–Kier alpha value is -1.20. The van der Waals surface area contributed by atoms with Gasteiger partial charge in [-0.05, 0) is 19.1 Å². The summed E-state index contributed by atoms with van der Waals surface area (Å²) in [6, 6.07) is 4.33. The molecule has 0 bridgehead atoms. The van der Waals surface area contributed by atoms with Crippen LogP contribution in [-0.4, -0.2) is 9.55 Å². The third-order valence-corrected chi connectivity index (χ3v) is 3.13. The van der Waals surface area contributed by atoms with Crippen LogP contribution in [0.2, 0.25) is 0 Å². The molecule has 0 aliphatic heterocycles. The largest absolute Gasteiger partial charge is 0.337 e. The van der Waals surface area contributed by atoms with Crippen LogP contribution in [-0.2, 0) is 6.54 Å². The average Bonchev–Trinajstić information content (AvgIpc) is 2.76. The zero-order valence-corrected chi connectivity index (χ0v) is 11.0. The number of imidazole rings is 1. The number of hydrogen-bond donors (Lipinski definition) is 1. The number of nitrogens with zero attached hydrogens (tertiary/aromatic N) is 2. The van der Waals surface area contributed by atoms with Gasteiger partial charge in [0.05, 0.1) is 18.1 Å². The van der Waals surface area contributed by atoms with Crippen molar-refractivity contribution in [1.29, 1.82) is 0 Å². The second-order valence-corrected chi connectivity index (χ2v) is 4.69. The Bertz CT molecular complexity index is 524. The third kappa shape index (κ3) is 2.56. The van der Waals surface area contributed by atoms with Gasteiger partial charge in [-0.25, -0.2) is 9.37 Å². The Balaban J connectivity index is 2.33. The minimum atomic E-state index is -0.532. The van der Waals surface area contributed by atoms with Crippen LogP contribution in [0.4, 0.5) is 4.39 Å². The summed E-state index contributed by atoms with van der Waals surface area (Å²) in [5.41, 5.74) is 7.13. The molecule has 0 radical (unpaired) electrons. The molecule has 1 atom stereocenters. The fraction of sp³-hybridized carbons (Fsp3) is 0.250. The summed E-state index contributed by atoms with van der Waals surface area (Å²) in [5, 5.41) is 0. The van der Waals surface area contributed by atoms with E-state index >= 15 is 0 Å². The van der Waals surface area contributed by atoms with Crippen molar-refractivity contribution in [1.82, 2.24) is 9.55 Å². The predicted octanol–water partition coefficient (Wildman–Crippen LogP) is 2.85. The van der Waals surface area contributed by atoms with Crippen LogP contribution in [0.3, 0.4) is 0 Å². The van der Waals surface area contributed by atoms with E-state index in [1.165, 1.54) is 6.07 Å². The first-order valence-electron chi connectivity index (χ1n) is 5.34. The Labute approximate surface area is 108 Å². The van der Waals surface area contributed by atoms with Gasteiger partial charge in [0.1, 0.15) is 5.82 Å². The highest BCUT2D eigenvalue weighted by atomic mass is 79.9. The van der Waals surface area contributed by atoms with Gasteiger partial charge in [0.25, 0.3) is 0 Å². The van der Waals surface area contributed by atoms with Gasteiger partial charge in [-0.15, -0.1) is 0 Å². The first-order valence-corrected chi connectivity index (χ1v) is 6.13. The Morgan fingerprint density at radius 2 is 2.29 bits per heavy atom. The number of nitrogens with two attached hydrogens (primary N) is 1. The molecule has 1 aromatic heterocycles. The van der Waals surface area contributed by atoms with Crippen molar-refractivity contribution >= 4 is 15.9 Å². The molecule has 0 amide bonds. The van der Waals surface area contributed by atoms with E-state index in [2.05, 4.69) is 20.9 Å². The van der Waals surface area contributed by atoms with Crippen molar-refractivity contribution in [2.75, 3.05) is 0 Å². The van der Waals surface area contributed by atoms with E-state index in [-0.39, 0.29) is 5.82 Å². The van der Waals surface area contributed by atoms with E-state index in [0.717, 1.165) is 6.54 Å². The third-order valence-electron chi connectivity index (χ3n) is 2.63. The lowest BCUT2D eigenvalue weighted by Gasteiger charge is -2.10. The van der Waals surface area contributed by atoms with Crippen molar-refractivity contribution in [2.24, 2.45) is 5.73 Å². The number of aromatic nitrogens is 2. The van der Waals surface area contributed by atoms with Crippen LogP contribution in [0, 0.1) is 5.82 Å². The van der Waals surface area contributed by atoms with Crippen LogP contribution in [0.15, 0.2) is 35.2 Å². The lowest BCUT2D eigenvalue weighted by atomic mass is 10.0.